The molecular formula is C18H19ClN2O4. The number of hydrogen-bond donors (Lipinski definition) is 2. The molecule has 0 fully saturated rings. The summed E-state index contributed by atoms with van der Waals surface area (Å²) in [6.45, 7) is 1.88. The van der Waals surface area contributed by atoms with E-state index in [1.807, 2.05) is 25.1 Å². The fraction of sp³-hybridized carbons (Fsp3) is 0.222. The van der Waals surface area contributed by atoms with E-state index in [9.17, 15) is 9.59 Å². The van der Waals surface area contributed by atoms with Crippen molar-refractivity contribution in [2.24, 2.45) is 0 Å². The Hall–Kier alpha value is -2.73. The Morgan fingerprint density at radius 3 is 2.16 bits per heavy atom. The Balaban J connectivity index is 2.05. The van der Waals surface area contributed by atoms with Crippen LogP contribution in [0, 0.1) is 6.92 Å². The van der Waals surface area contributed by atoms with E-state index < -0.39 is 11.8 Å². The maximum absolute atomic E-state index is 12.1. The highest BCUT2D eigenvalue weighted by Crippen LogP contribution is 2.35. The number of nitrogens with one attached hydrogen (secondary N) is 2. The summed E-state index contributed by atoms with van der Waals surface area (Å²) in [5.74, 6) is -0.124. The molecule has 132 valence electrons. The van der Waals surface area contributed by atoms with Gasteiger partial charge in [-0.2, -0.15) is 0 Å². The molecular weight excluding hydrogens is 344 g/mol. The third-order valence-corrected chi connectivity index (χ3v) is 3.78. The number of carbonyl (C=O) groups is 2. The van der Waals surface area contributed by atoms with Crippen LogP contribution in [0.3, 0.4) is 0 Å². The number of amides is 2. The molecule has 0 radical (unpaired) electrons. The molecule has 0 aromatic heterocycles. The molecule has 0 aliphatic heterocycles. The van der Waals surface area contributed by atoms with Crippen molar-refractivity contribution >= 4 is 34.8 Å². The van der Waals surface area contributed by atoms with Crippen LogP contribution in [0.2, 0.25) is 5.02 Å². The Morgan fingerprint density at radius 1 is 0.960 bits per heavy atom. The van der Waals surface area contributed by atoms with Gasteiger partial charge in [-0.25, -0.2) is 0 Å². The van der Waals surface area contributed by atoms with Crippen molar-refractivity contribution in [1.82, 2.24) is 0 Å². The van der Waals surface area contributed by atoms with Crippen LogP contribution in [-0.4, -0.2) is 26.0 Å². The largest absolute Gasteiger partial charge is 0.495 e. The first-order chi connectivity index (χ1) is 11.9. The van der Waals surface area contributed by atoms with Gasteiger partial charge in [-0.3, -0.25) is 9.59 Å². The second-order valence-corrected chi connectivity index (χ2v) is 5.68. The second-order valence-electron chi connectivity index (χ2n) is 5.28. The maximum Gasteiger partial charge on any atom is 0.233 e. The average Bonchev–Trinajstić information content (AvgIpc) is 2.57. The molecule has 0 bridgehead atoms. The van der Waals surface area contributed by atoms with Crippen LogP contribution in [0.15, 0.2) is 36.4 Å². The molecule has 0 aliphatic rings. The van der Waals surface area contributed by atoms with Gasteiger partial charge in [-0.05, 0) is 18.6 Å². The molecule has 2 aromatic carbocycles. The number of halogens is 1. The van der Waals surface area contributed by atoms with Crippen LogP contribution in [0.1, 0.15) is 12.0 Å². The highest BCUT2D eigenvalue weighted by molar-refractivity contribution is 6.32. The minimum atomic E-state index is -0.478. The summed E-state index contributed by atoms with van der Waals surface area (Å²) in [5.41, 5.74) is 1.96. The van der Waals surface area contributed by atoms with Crippen molar-refractivity contribution in [2.75, 3.05) is 24.9 Å². The Morgan fingerprint density at radius 2 is 1.56 bits per heavy atom. The fourth-order valence-corrected chi connectivity index (χ4v) is 2.44. The molecule has 0 aliphatic carbocycles. The standard InChI is InChI=1S/C18H19ClN2O4/c1-11-6-4-5-7-13(11)20-17(22)10-18(23)21-14-9-15(24-2)12(19)8-16(14)25-3/h4-9H,10H2,1-3H3,(H,20,22)(H,21,23). The number of aryl methyl sites for hydroxylation is 1. The molecule has 7 heteroatoms. The van der Waals surface area contributed by atoms with Crippen LogP contribution in [-0.2, 0) is 9.59 Å². The second kappa shape index (κ2) is 8.39. The lowest BCUT2D eigenvalue weighted by Crippen LogP contribution is -2.22. The third kappa shape index (κ3) is 4.87. The molecule has 2 amide bonds. The molecule has 0 atom stereocenters. The zero-order valence-electron chi connectivity index (χ0n) is 14.2. The van der Waals surface area contributed by atoms with Gasteiger partial charge in [0.05, 0.1) is 24.9 Å². The number of para-hydroxylation sites is 1. The Bertz CT molecular complexity index is 793. The molecule has 2 rings (SSSR count). The van der Waals surface area contributed by atoms with E-state index >= 15 is 0 Å². The summed E-state index contributed by atoms with van der Waals surface area (Å²) in [7, 11) is 2.92. The van der Waals surface area contributed by atoms with Crippen molar-refractivity contribution in [2.45, 2.75) is 13.3 Å². The third-order valence-electron chi connectivity index (χ3n) is 3.49. The van der Waals surface area contributed by atoms with Gasteiger partial charge in [0, 0.05) is 17.8 Å². The van der Waals surface area contributed by atoms with Gasteiger partial charge in [0.15, 0.2) is 0 Å². The minimum absolute atomic E-state index is 0.331. The molecule has 2 aromatic rings. The van der Waals surface area contributed by atoms with E-state index in [0.29, 0.717) is 27.9 Å². The highest BCUT2D eigenvalue weighted by Gasteiger charge is 2.15. The van der Waals surface area contributed by atoms with Crippen LogP contribution in [0.25, 0.3) is 0 Å². The first kappa shape index (κ1) is 18.6. The fourth-order valence-electron chi connectivity index (χ4n) is 2.21. The Labute approximate surface area is 151 Å². The lowest BCUT2D eigenvalue weighted by atomic mass is 10.2. The zero-order valence-corrected chi connectivity index (χ0v) is 14.9. The van der Waals surface area contributed by atoms with Gasteiger partial charge >= 0.3 is 0 Å². The summed E-state index contributed by atoms with van der Waals surface area (Å²) >= 11 is 6.02. The van der Waals surface area contributed by atoms with Crippen LogP contribution in [0.5, 0.6) is 11.5 Å². The van der Waals surface area contributed by atoms with Gasteiger partial charge in [0.1, 0.15) is 17.9 Å². The van der Waals surface area contributed by atoms with Crippen molar-refractivity contribution in [3.63, 3.8) is 0 Å². The molecule has 0 saturated carbocycles. The predicted octanol–water partition coefficient (Wildman–Crippen LogP) is 3.63. The molecule has 25 heavy (non-hydrogen) atoms. The van der Waals surface area contributed by atoms with Gasteiger partial charge < -0.3 is 20.1 Å². The highest BCUT2D eigenvalue weighted by atomic mass is 35.5. The molecule has 6 nitrogen and oxygen atoms in total. The van der Waals surface area contributed by atoms with E-state index in [0.717, 1.165) is 5.56 Å². The Kier molecular flexibility index (Phi) is 6.25. The molecule has 0 saturated heterocycles. The lowest BCUT2D eigenvalue weighted by molar-refractivity contribution is -0.123. The molecule has 0 spiro atoms. The van der Waals surface area contributed by atoms with Crippen LogP contribution in [0.4, 0.5) is 11.4 Å². The number of ether oxygens (including phenoxy) is 2. The van der Waals surface area contributed by atoms with Gasteiger partial charge in [-0.1, -0.05) is 29.8 Å². The van der Waals surface area contributed by atoms with E-state index in [1.54, 1.807) is 6.07 Å². The van der Waals surface area contributed by atoms with Crippen molar-refractivity contribution in [3.8, 4) is 11.5 Å². The number of carbonyl (C=O) groups excluding carboxylic acids is 2. The first-order valence-electron chi connectivity index (χ1n) is 7.51. The molecule has 0 unspecified atom stereocenters. The summed E-state index contributed by atoms with van der Waals surface area (Å²) < 4.78 is 10.3. The van der Waals surface area contributed by atoms with Gasteiger partial charge in [0.25, 0.3) is 0 Å². The smallest absolute Gasteiger partial charge is 0.233 e. The van der Waals surface area contributed by atoms with E-state index in [4.69, 9.17) is 21.1 Å². The number of benzene rings is 2. The topological polar surface area (TPSA) is 76.7 Å². The number of anilines is 2. The van der Waals surface area contributed by atoms with Gasteiger partial charge in [-0.15, -0.1) is 0 Å². The minimum Gasteiger partial charge on any atom is -0.495 e. The summed E-state index contributed by atoms with van der Waals surface area (Å²) in [6, 6.07) is 10.4. The number of rotatable bonds is 6. The monoisotopic (exact) mass is 362 g/mol. The zero-order chi connectivity index (χ0) is 18.4. The molecule has 2 N–H and O–H groups in total. The van der Waals surface area contributed by atoms with Crippen LogP contribution < -0.4 is 20.1 Å². The normalized spacial score (nSPS) is 10.1. The van der Waals surface area contributed by atoms with Gasteiger partial charge in [0.2, 0.25) is 11.8 Å². The van der Waals surface area contributed by atoms with Crippen molar-refractivity contribution < 1.29 is 19.1 Å². The molecule has 0 heterocycles. The van der Waals surface area contributed by atoms with E-state index in [2.05, 4.69) is 10.6 Å². The SMILES string of the molecule is COc1cc(NC(=O)CC(=O)Nc2ccccc2C)c(OC)cc1Cl. The van der Waals surface area contributed by atoms with Crippen LogP contribution >= 0.6 is 11.6 Å². The first-order valence-corrected chi connectivity index (χ1v) is 7.89. The maximum atomic E-state index is 12.1. The summed E-state index contributed by atoms with van der Waals surface area (Å²) in [5, 5.41) is 5.70. The number of hydrogen-bond acceptors (Lipinski definition) is 4. The lowest BCUT2D eigenvalue weighted by Gasteiger charge is -2.13. The quantitative estimate of drug-likeness (QED) is 0.769. The average molecular weight is 363 g/mol. The van der Waals surface area contributed by atoms with Crippen molar-refractivity contribution in [1.29, 1.82) is 0 Å². The van der Waals surface area contributed by atoms with Crippen molar-refractivity contribution in [3.05, 3.63) is 47.0 Å². The summed E-state index contributed by atoms with van der Waals surface area (Å²) in [6.07, 6.45) is -0.331. The van der Waals surface area contributed by atoms with E-state index in [1.165, 1.54) is 26.4 Å². The summed E-state index contributed by atoms with van der Waals surface area (Å²) in [4.78, 5) is 24.2. The number of methoxy groups -OCH3 is 2. The predicted molar refractivity (Wildman–Crippen MR) is 97.6 cm³/mol. The van der Waals surface area contributed by atoms with E-state index in [-0.39, 0.29) is 6.42 Å².